The van der Waals surface area contributed by atoms with Crippen LogP contribution < -0.4 is 10.1 Å². The molecule has 0 aromatic heterocycles. The minimum Gasteiger partial charge on any atom is -0.488 e. The number of benzene rings is 3. The molecule has 0 bridgehead atoms. The lowest BCUT2D eigenvalue weighted by molar-refractivity contribution is -0.138. The van der Waals surface area contributed by atoms with Crippen molar-refractivity contribution in [1.29, 1.82) is 0 Å². The maximum Gasteiger partial charge on any atom is 0.305 e. The number of carboxylic acid groups (broad SMARTS) is 1. The number of amides is 1. The van der Waals surface area contributed by atoms with Gasteiger partial charge < -0.3 is 15.2 Å². The molecule has 1 unspecified atom stereocenters. The zero-order chi connectivity index (χ0) is 22.5. The molecule has 0 saturated carbocycles. The molecule has 1 fully saturated rings. The molecule has 9 heteroatoms. The average Bonchev–Trinajstić information content (AvgIpc) is 3.12. The Morgan fingerprint density at radius 2 is 1.94 bits per heavy atom. The van der Waals surface area contributed by atoms with E-state index in [1.807, 2.05) is 60.7 Å². The van der Waals surface area contributed by atoms with Crippen molar-refractivity contribution in [2.24, 2.45) is 10.2 Å². The zero-order valence-corrected chi connectivity index (χ0v) is 18.3. The minimum absolute atomic E-state index is 0.260. The zero-order valence-electron chi connectivity index (χ0n) is 16.7. The number of carboxylic acids is 1. The van der Waals surface area contributed by atoms with Crippen molar-refractivity contribution in [3.63, 3.8) is 0 Å². The molecule has 162 valence electrons. The summed E-state index contributed by atoms with van der Waals surface area (Å²) in [6, 6.07) is 19.1. The lowest BCUT2D eigenvalue weighted by Crippen LogP contribution is -2.26. The van der Waals surface area contributed by atoms with Crippen LogP contribution in [0.25, 0.3) is 10.8 Å². The summed E-state index contributed by atoms with van der Waals surface area (Å²) in [5.41, 5.74) is 1.59. The first-order chi connectivity index (χ1) is 15.5. The Bertz CT molecular complexity index is 1240. The lowest BCUT2D eigenvalue weighted by Gasteiger charge is -2.12. The van der Waals surface area contributed by atoms with Crippen LogP contribution in [-0.2, 0) is 16.2 Å². The number of thioether (sulfide) groups is 1. The summed E-state index contributed by atoms with van der Waals surface area (Å²) in [5, 5.41) is 21.7. The number of carbonyl (C=O) groups is 2. The largest absolute Gasteiger partial charge is 0.488 e. The first-order valence-electron chi connectivity index (χ1n) is 9.69. The molecule has 1 amide bonds. The molecule has 2 N–H and O–H groups in total. The molecule has 32 heavy (non-hydrogen) atoms. The van der Waals surface area contributed by atoms with Crippen LogP contribution in [0.15, 0.2) is 70.9 Å². The number of hydrogen-bond donors (Lipinski definition) is 2. The number of carbonyl (C=O) groups excluding carboxylic acids is 1. The number of aliphatic carboxylic acids is 1. The van der Waals surface area contributed by atoms with Crippen molar-refractivity contribution in [1.82, 2.24) is 5.32 Å². The Balaban J connectivity index is 1.59. The van der Waals surface area contributed by atoms with Gasteiger partial charge in [-0.2, -0.15) is 5.10 Å². The second kappa shape index (κ2) is 9.84. The van der Waals surface area contributed by atoms with Gasteiger partial charge >= 0.3 is 5.97 Å². The molecule has 1 aliphatic rings. The van der Waals surface area contributed by atoms with Gasteiger partial charge in [-0.1, -0.05) is 71.9 Å². The van der Waals surface area contributed by atoms with Crippen LogP contribution in [-0.4, -0.2) is 33.6 Å². The molecule has 1 atom stereocenters. The highest BCUT2D eigenvalue weighted by Crippen LogP contribution is 2.28. The van der Waals surface area contributed by atoms with Crippen molar-refractivity contribution < 1.29 is 19.4 Å². The van der Waals surface area contributed by atoms with Crippen molar-refractivity contribution >= 4 is 57.4 Å². The number of amidine groups is 1. The van der Waals surface area contributed by atoms with E-state index in [1.165, 1.54) is 0 Å². The van der Waals surface area contributed by atoms with Crippen LogP contribution in [0.2, 0.25) is 5.02 Å². The summed E-state index contributed by atoms with van der Waals surface area (Å²) in [6.45, 7) is 0.288. The molecule has 1 heterocycles. The Morgan fingerprint density at radius 1 is 1.16 bits per heavy atom. The number of nitrogens with zero attached hydrogens (tertiary/aromatic N) is 2. The summed E-state index contributed by atoms with van der Waals surface area (Å²) >= 11 is 7.29. The topological polar surface area (TPSA) is 100 Å². The summed E-state index contributed by atoms with van der Waals surface area (Å²) in [4.78, 5) is 22.7. The second-order valence-corrected chi connectivity index (χ2v) is 8.52. The fourth-order valence-electron chi connectivity index (χ4n) is 3.19. The number of halogens is 1. The van der Waals surface area contributed by atoms with Crippen LogP contribution in [0.4, 0.5) is 0 Å². The fourth-order valence-corrected chi connectivity index (χ4v) is 4.30. The molecular formula is C23H18ClN3O4S. The Kier molecular flexibility index (Phi) is 6.72. The molecular weight excluding hydrogens is 450 g/mol. The van der Waals surface area contributed by atoms with E-state index in [-0.39, 0.29) is 24.1 Å². The van der Waals surface area contributed by atoms with Crippen molar-refractivity contribution in [2.45, 2.75) is 18.3 Å². The van der Waals surface area contributed by atoms with Crippen molar-refractivity contribution in [3.05, 3.63) is 76.8 Å². The molecule has 0 radical (unpaired) electrons. The standard InChI is InChI=1S/C23H18ClN3O4S/c24-18-8-4-2-6-15(18)13-31-19-10-9-14-5-1-3-7-16(14)17(19)12-25-27-23-26-22(30)20(32-23)11-21(28)29/h1-10,12,20H,11,13H2,(H,28,29)(H,26,27,30)/b25-12+. The molecule has 7 nitrogen and oxygen atoms in total. The molecule has 0 spiro atoms. The van der Waals surface area contributed by atoms with E-state index in [0.29, 0.717) is 10.8 Å². The van der Waals surface area contributed by atoms with Crippen molar-refractivity contribution in [3.8, 4) is 5.75 Å². The van der Waals surface area contributed by atoms with Gasteiger partial charge in [0, 0.05) is 16.1 Å². The lowest BCUT2D eigenvalue weighted by atomic mass is 10.0. The van der Waals surface area contributed by atoms with E-state index in [0.717, 1.165) is 33.7 Å². The van der Waals surface area contributed by atoms with Gasteiger partial charge in [0.15, 0.2) is 5.17 Å². The van der Waals surface area contributed by atoms with Crippen LogP contribution in [0, 0.1) is 0 Å². The summed E-state index contributed by atoms with van der Waals surface area (Å²) in [5.74, 6) is -0.821. The number of fused-ring (bicyclic) bond motifs is 1. The third-order valence-electron chi connectivity index (χ3n) is 4.74. The van der Waals surface area contributed by atoms with Crippen LogP contribution in [0.1, 0.15) is 17.5 Å². The quantitative estimate of drug-likeness (QED) is 0.394. The fraction of sp³-hybridized carbons (Fsp3) is 0.130. The third-order valence-corrected chi connectivity index (χ3v) is 6.18. The molecule has 1 aliphatic heterocycles. The van der Waals surface area contributed by atoms with Gasteiger partial charge in [0.2, 0.25) is 5.91 Å². The van der Waals surface area contributed by atoms with Gasteiger partial charge in [-0.15, -0.1) is 5.10 Å². The van der Waals surface area contributed by atoms with E-state index in [1.54, 1.807) is 6.21 Å². The predicted octanol–water partition coefficient (Wildman–Crippen LogP) is 4.47. The van der Waals surface area contributed by atoms with Gasteiger partial charge in [-0.25, -0.2) is 0 Å². The first-order valence-corrected chi connectivity index (χ1v) is 11.0. The smallest absolute Gasteiger partial charge is 0.305 e. The Labute approximate surface area is 193 Å². The maximum atomic E-state index is 11.9. The van der Waals surface area contributed by atoms with Gasteiger partial charge in [0.1, 0.15) is 17.6 Å². The van der Waals surface area contributed by atoms with Gasteiger partial charge in [-0.05, 0) is 22.9 Å². The Morgan fingerprint density at radius 3 is 2.75 bits per heavy atom. The van der Waals surface area contributed by atoms with Gasteiger partial charge in [0.05, 0.1) is 12.6 Å². The highest BCUT2D eigenvalue weighted by molar-refractivity contribution is 8.15. The highest BCUT2D eigenvalue weighted by Gasteiger charge is 2.32. The molecule has 3 aromatic rings. The normalized spacial score (nSPS) is 17.2. The highest BCUT2D eigenvalue weighted by atomic mass is 35.5. The number of ether oxygens (including phenoxy) is 1. The van der Waals surface area contributed by atoms with E-state index in [9.17, 15) is 9.59 Å². The van der Waals surface area contributed by atoms with Crippen LogP contribution in [0.5, 0.6) is 5.75 Å². The Hall–Kier alpha value is -3.36. The minimum atomic E-state index is -1.04. The third kappa shape index (κ3) is 5.09. The summed E-state index contributed by atoms with van der Waals surface area (Å²) in [6.07, 6.45) is 1.29. The maximum absolute atomic E-state index is 11.9. The molecule has 1 saturated heterocycles. The number of rotatable bonds is 7. The number of nitrogens with one attached hydrogen (secondary N) is 1. The molecule has 0 aliphatic carbocycles. The van der Waals surface area contributed by atoms with E-state index >= 15 is 0 Å². The van der Waals surface area contributed by atoms with Crippen molar-refractivity contribution in [2.75, 3.05) is 0 Å². The number of hydrogen-bond acceptors (Lipinski definition) is 6. The second-order valence-electron chi connectivity index (χ2n) is 6.92. The summed E-state index contributed by atoms with van der Waals surface area (Å²) in [7, 11) is 0. The van der Waals surface area contributed by atoms with E-state index < -0.39 is 11.2 Å². The molecule has 3 aromatic carbocycles. The van der Waals surface area contributed by atoms with E-state index in [4.69, 9.17) is 21.4 Å². The summed E-state index contributed by atoms with van der Waals surface area (Å²) < 4.78 is 6.05. The van der Waals surface area contributed by atoms with Crippen LogP contribution >= 0.6 is 23.4 Å². The van der Waals surface area contributed by atoms with Crippen LogP contribution in [0.3, 0.4) is 0 Å². The van der Waals surface area contributed by atoms with E-state index in [2.05, 4.69) is 15.5 Å². The van der Waals surface area contributed by atoms with Gasteiger partial charge in [0.25, 0.3) is 0 Å². The SMILES string of the molecule is O=C(O)CC1S/C(=N/N=C/c2c(OCc3ccccc3Cl)ccc3ccccc23)NC1=O. The monoisotopic (exact) mass is 467 g/mol. The average molecular weight is 468 g/mol. The predicted molar refractivity (Wildman–Crippen MR) is 127 cm³/mol. The molecule has 4 rings (SSSR count). The first kappa shape index (κ1) is 21.9. The van der Waals surface area contributed by atoms with Gasteiger partial charge in [-0.3, -0.25) is 9.59 Å².